The molecular weight excluding hydrogens is 250 g/mol. The molecule has 18 heavy (non-hydrogen) atoms. The Morgan fingerprint density at radius 2 is 2.06 bits per heavy atom. The number of halogens is 1. The van der Waals surface area contributed by atoms with E-state index in [0.717, 1.165) is 16.7 Å². The second-order valence-electron chi connectivity index (χ2n) is 4.55. The third-order valence-electron chi connectivity index (χ3n) is 2.79. The fourth-order valence-electron chi connectivity index (χ4n) is 1.97. The summed E-state index contributed by atoms with van der Waals surface area (Å²) in [5, 5.41) is 0.964. The van der Waals surface area contributed by atoms with E-state index in [0.29, 0.717) is 5.56 Å². The number of pyridine rings is 1. The monoisotopic (exact) mass is 265 g/mol. The topological polar surface area (TPSA) is 31.2 Å². The van der Waals surface area contributed by atoms with Gasteiger partial charge in [-0.1, -0.05) is 0 Å². The Labute approximate surface area is 111 Å². The molecule has 0 radical (unpaired) electrons. The Morgan fingerprint density at radius 1 is 1.33 bits per heavy atom. The third-order valence-corrected chi connectivity index (χ3v) is 3.07. The number of fused-ring (bicyclic) bond motifs is 1. The summed E-state index contributed by atoms with van der Waals surface area (Å²) in [7, 11) is 1.75. The van der Waals surface area contributed by atoms with Crippen molar-refractivity contribution in [3.05, 3.63) is 40.2 Å². The van der Waals surface area contributed by atoms with Crippen molar-refractivity contribution in [3.8, 4) is 5.75 Å². The molecule has 0 aliphatic heterocycles. The van der Waals surface area contributed by atoms with Crippen molar-refractivity contribution in [2.75, 3.05) is 0 Å². The Kier molecular flexibility index (Phi) is 3.62. The quantitative estimate of drug-likeness (QED) is 0.799. The first-order valence-corrected chi connectivity index (χ1v) is 6.41. The second-order valence-corrected chi connectivity index (χ2v) is 4.82. The average Bonchev–Trinajstić information content (AvgIpc) is 2.32. The number of hydrogen-bond acceptors (Lipinski definition) is 2. The van der Waals surface area contributed by atoms with E-state index in [1.165, 1.54) is 0 Å². The Bertz CT molecular complexity index is 631. The van der Waals surface area contributed by atoms with Crippen LogP contribution in [-0.2, 0) is 12.9 Å². The maximum Gasteiger partial charge on any atom is 0.255 e. The summed E-state index contributed by atoms with van der Waals surface area (Å²) in [6, 6.07) is 7.54. The van der Waals surface area contributed by atoms with Crippen molar-refractivity contribution in [3.63, 3.8) is 0 Å². The molecule has 3 nitrogen and oxygen atoms in total. The van der Waals surface area contributed by atoms with Crippen LogP contribution in [-0.4, -0.2) is 10.7 Å². The van der Waals surface area contributed by atoms with Crippen LogP contribution in [0.15, 0.2) is 29.1 Å². The van der Waals surface area contributed by atoms with Gasteiger partial charge in [-0.3, -0.25) is 4.79 Å². The first-order chi connectivity index (χ1) is 8.52. The molecule has 0 unspecified atom stereocenters. The van der Waals surface area contributed by atoms with Crippen LogP contribution in [0.3, 0.4) is 0 Å². The van der Waals surface area contributed by atoms with Gasteiger partial charge in [-0.25, -0.2) is 0 Å². The fraction of sp³-hybridized carbons (Fsp3) is 0.357. The van der Waals surface area contributed by atoms with Crippen molar-refractivity contribution < 1.29 is 4.74 Å². The lowest BCUT2D eigenvalue weighted by molar-refractivity contribution is 0.243. The highest BCUT2D eigenvalue weighted by Crippen LogP contribution is 2.21. The molecule has 0 spiro atoms. The van der Waals surface area contributed by atoms with Gasteiger partial charge in [-0.2, -0.15) is 0 Å². The average molecular weight is 266 g/mol. The van der Waals surface area contributed by atoms with Crippen LogP contribution >= 0.6 is 11.6 Å². The van der Waals surface area contributed by atoms with E-state index >= 15 is 0 Å². The molecule has 0 aliphatic rings. The third kappa shape index (κ3) is 2.36. The van der Waals surface area contributed by atoms with E-state index in [1.54, 1.807) is 11.6 Å². The SMILES string of the molecule is CC(C)Oc1ccc2c(c1)cc(CCl)c(=O)n2C. The molecule has 2 aromatic rings. The van der Waals surface area contributed by atoms with Gasteiger partial charge in [0.15, 0.2) is 0 Å². The van der Waals surface area contributed by atoms with Gasteiger partial charge in [0.1, 0.15) is 5.75 Å². The number of alkyl halides is 1. The van der Waals surface area contributed by atoms with Gasteiger partial charge in [-0.05, 0) is 38.1 Å². The number of nitrogens with zero attached hydrogens (tertiary/aromatic N) is 1. The van der Waals surface area contributed by atoms with Gasteiger partial charge < -0.3 is 9.30 Å². The highest BCUT2D eigenvalue weighted by atomic mass is 35.5. The Balaban J connectivity index is 2.63. The van der Waals surface area contributed by atoms with Gasteiger partial charge in [0.25, 0.3) is 5.56 Å². The number of hydrogen-bond donors (Lipinski definition) is 0. The van der Waals surface area contributed by atoms with E-state index in [-0.39, 0.29) is 17.5 Å². The molecule has 96 valence electrons. The highest BCUT2D eigenvalue weighted by Gasteiger charge is 2.07. The molecule has 0 amide bonds. The van der Waals surface area contributed by atoms with Crippen molar-refractivity contribution in [1.82, 2.24) is 4.57 Å². The van der Waals surface area contributed by atoms with Crippen LogP contribution in [0.4, 0.5) is 0 Å². The van der Waals surface area contributed by atoms with E-state index in [1.807, 2.05) is 38.1 Å². The van der Waals surface area contributed by atoms with E-state index in [9.17, 15) is 4.79 Å². The lowest BCUT2D eigenvalue weighted by Crippen LogP contribution is -2.20. The van der Waals surface area contributed by atoms with Gasteiger partial charge in [0.2, 0.25) is 0 Å². The fourth-order valence-corrected chi connectivity index (χ4v) is 2.16. The summed E-state index contributed by atoms with van der Waals surface area (Å²) in [5.74, 6) is 1.02. The summed E-state index contributed by atoms with van der Waals surface area (Å²) in [6.07, 6.45) is 0.127. The number of ether oxygens (including phenoxy) is 1. The number of rotatable bonds is 3. The predicted molar refractivity (Wildman–Crippen MR) is 74.5 cm³/mol. The lowest BCUT2D eigenvalue weighted by Gasteiger charge is -2.12. The number of aromatic nitrogens is 1. The van der Waals surface area contributed by atoms with Gasteiger partial charge in [-0.15, -0.1) is 11.6 Å². The molecule has 1 heterocycles. The van der Waals surface area contributed by atoms with Crippen LogP contribution in [0.25, 0.3) is 10.9 Å². The van der Waals surface area contributed by atoms with Crippen molar-refractivity contribution in [2.45, 2.75) is 25.8 Å². The van der Waals surface area contributed by atoms with Gasteiger partial charge in [0.05, 0.1) is 17.5 Å². The highest BCUT2D eigenvalue weighted by molar-refractivity contribution is 6.17. The van der Waals surface area contributed by atoms with E-state index in [2.05, 4.69) is 0 Å². The molecule has 4 heteroatoms. The zero-order valence-electron chi connectivity index (χ0n) is 10.7. The second kappa shape index (κ2) is 5.02. The predicted octanol–water partition coefficient (Wildman–Crippen LogP) is 3.06. The van der Waals surface area contributed by atoms with Crippen LogP contribution in [0, 0.1) is 0 Å². The zero-order chi connectivity index (χ0) is 13.3. The molecule has 0 N–H and O–H groups in total. The van der Waals surface area contributed by atoms with Crippen LogP contribution in [0.2, 0.25) is 0 Å². The Morgan fingerprint density at radius 3 is 2.67 bits per heavy atom. The summed E-state index contributed by atoms with van der Waals surface area (Å²) in [5.41, 5.74) is 1.44. The normalized spacial score (nSPS) is 11.2. The largest absolute Gasteiger partial charge is 0.491 e. The molecule has 0 atom stereocenters. The van der Waals surface area contributed by atoms with Gasteiger partial charge in [0, 0.05) is 18.0 Å². The molecule has 0 bridgehead atoms. The summed E-state index contributed by atoms with van der Waals surface area (Å²) < 4.78 is 7.26. The van der Waals surface area contributed by atoms with Crippen LogP contribution in [0.1, 0.15) is 19.4 Å². The lowest BCUT2D eigenvalue weighted by atomic mass is 10.1. The minimum atomic E-state index is -0.0463. The number of aryl methyl sites for hydroxylation is 1. The smallest absolute Gasteiger partial charge is 0.255 e. The van der Waals surface area contributed by atoms with Crippen molar-refractivity contribution in [2.24, 2.45) is 7.05 Å². The number of benzene rings is 1. The summed E-state index contributed by atoms with van der Waals surface area (Å²) in [6.45, 7) is 3.96. The van der Waals surface area contributed by atoms with E-state index < -0.39 is 0 Å². The summed E-state index contributed by atoms with van der Waals surface area (Å²) in [4.78, 5) is 11.9. The minimum Gasteiger partial charge on any atom is -0.491 e. The first-order valence-electron chi connectivity index (χ1n) is 5.88. The van der Waals surface area contributed by atoms with Gasteiger partial charge >= 0.3 is 0 Å². The molecule has 2 rings (SSSR count). The molecule has 0 saturated heterocycles. The molecule has 0 fully saturated rings. The molecule has 1 aromatic heterocycles. The van der Waals surface area contributed by atoms with Crippen molar-refractivity contribution in [1.29, 1.82) is 0 Å². The summed E-state index contributed by atoms with van der Waals surface area (Å²) >= 11 is 5.78. The van der Waals surface area contributed by atoms with Crippen molar-refractivity contribution >= 4 is 22.5 Å². The van der Waals surface area contributed by atoms with Crippen LogP contribution in [0.5, 0.6) is 5.75 Å². The zero-order valence-corrected chi connectivity index (χ0v) is 11.5. The van der Waals surface area contributed by atoms with E-state index in [4.69, 9.17) is 16.3 Å². The molecule has 0 aliphatic carbocycles. The Hall–Kier alpha value is -1.48. The van der Waals surface area contributed by atoms with Crippen LogP contribution < -0.4 is 10.3 Å². The standard InChI is InChI=1S/C14H16ClNO2/c1-9(2)18-12-4-5-13-10(7-12)6-11(8-15)14(17)16(13)3/h4-7,9H,8H2,1-3H3. The molecule has 0 saturated carbocycles. The molecular formula is C14H16ClNO2. The first kappa shape index (κ1) is 13.0. The molecule has 1 aromatic carbocycles. The maximum absolute atomic E-state index is 11.9. The maximum atomic E-state index is 11.9. The minimum absolute atomic E-state index is 0.0463.